The Morgan fingerprint density at radius 1 is 1.64 bits per heavy atom. The van der Waals surface area contributed by atoms with Gasteiger partial charge in [-0.2, -0.15) is 0 Å². The molecule has 0 amide bonds. The van der Waals surface area contributed by atoms with Gasteiger partial charge < -0.3 is 15.5 Å². The Morgan fingerprint density at radius 2 is 2.36 bits per heavy atom. The smallest absolute Gasteiger partial charge is 0.339 e. The van der Waals surface area contributed by atoms with Crippen LogP contribution in [0.25, 0.3) is 0 Å². The number of carbonyl (C=O) groups is 1. The van der Waals surface area contributed by atoms with Crippen molar-refractivity contribution in [2.24, 2.45) is 0 Å². The number of aromatic nitrogens is 1. The van der Waals surface area contributed by atoms with E-state index in [-0.39, 0.29) is 24.5 Å². The zero-order valence-corrected chi connectivity index (χ0v) is 7.20. The SMILES string of the molecule is O=C(O)c1cc(F)cnc1NCCO. The van der Waals surface area contributed by atoms with Crippen LogP contribution in [0, 0.1) is 5.82 Å². The van der Waals surface area contributed by atoms with Crippen molar-refractivity contribution in [3.05, 3.63) is 23.6 Å². The Hall–Kier alpha value is -1.69. The van der Waals surface area contributed by atoms with E-state index < -0.39 is 11.8 Å². The van der Waals surface area contributed by atoms with Gasteiger partial charge in [-0.1, -0.05) is 0 Å². The number of nitrogens with one attached hydrogen (secondary N) is 1. The van der Waals surface area contributed by atoms with Gasteiger partial charge in [-0.3, -0.25) is 0 Å². The van der Waals surface area contributed by atoms with Crippen LogP contribution in [-0.4, -0.2) is 34.3 Å². The molecule has 3 N–H and O–H groups in total. The van der Waals surface area contributed by atoms with Crippen LogP contribution in [0.5, 0.6) is 0 Å². The number of aliphatic hydroxyl groups excluding tert-OH is 1. The molecule has 0 aliphatic carbocycles. The molecule has 0 atom stereocenters. The summed E-state index contributed by atoms with van der Waals surface area (Å²) in [5.41, 5.74) is -0.251. The molecule has 0 aliphatic rings. The molecule has 0 saturated carbocycles. The Kier molecular flexibility index (Phi) is 3.35. The molecule has 6 heteroatoms. The number of anilines is 1. The quantitative estimate of drug-likeness (QED) is 0.652. The lowest BCUT2D eigenvalue weighted by Gasteiger charge is -2.06. The molecule has 0 bridgehead atoms. The fourth-order valence-corrected chi connectivity index (χ4v) is 0.917. The van der Waals surface area contributed by atoms with E-state index in [0.29, 0.717) is 0 Å². The highest BCUT2D eigenvalue weighted by Crippen LogP contribution is 2.12. The van der Waals surface area contributed by atoms with Crippen molar-refractivity contribution in [2.75, 3.05) is 18.5 Å². The average Bonchev–Trinajstić information content (AvgIpc) is 2.15. The van der Waals surface area contributed by atoms with Crippen LogP contribution in [0.15, 0.2) is 12.3 Å². The van der Waals surface area contributed by atoms with Crippen LogP contribution in [-0.2, 0) is 0 Å². The van der Waals surface area contributed by atoms with Gasteiger partial charge >= 0.3 is 5.97 Å². The predicted molar refractivity (Wildman–Crippen MR) is 46.7 cm³/mol. The normalized spacial score (nSPS) is 9.86. The molecule has 0 spiro atoms. The molecule has 1 aromatic heterocycles. The van der Waals surface area contributed by atoms with E-state index >= 15 is 0 Å². The highest BCUT2D eigenvalue weighted by Gasteiger charge is 2.11. The number of aliphatic hydroxyl groups is 1. The number of hydrogen-bond donors (Lipinski definition) is 3. The minimum atomic E-state index is -1.27. The molecule has 0 aromatic carbocycles. The third-order valence-electron chi connectivity index (χ3n) is 1.49. The minimum Gasteiger partial charge on any atom is -0.478 e. The zero-order valence-electron chi connectivity index (χ0n) is 7.20. The molecular weight excluding hydrogens is 191 g/mol. The Labute approximate surface area is 79.2 Å². The molecule has 14 heavy (non-hydrogen) atoms. The van der Waals surface area contributed by atoms with Gasteiger partial charge in [0.2, 0.25) is 0 Å². The molecule has 0 aliphatic heterocycles. The summed E-state index contributed by atoms with van der Waals surface area (Å²) in [6, 6.07) is 0.870. The van der Waals surface area contributed by atoms with Crippen molar-refractivity contribution in [3.63, 3.8) is 0 Å². The standard InChI is InChI=1S/C8H9FN2O3/c9-5-3-6(8(13)14)7(11-4-5)10-1-2-12/h3-4,12H,1-2H2,(H,10,11)(H,13,14). The summed E-state index contributed by atoms with van der Waals surface area (Å²) >= 11 is 0. The first-order valence-electron chi connectivity index (χ1n) is 3.88. The zero-order chi connectivity index (χ0) is 10.6. The molecular formula is C8H9FN2O3. The fourth-order valence-electron chi connectivity index (χ4n) is 0.917. The van der Waals surface area contributed by atoms with Crippen molar-refractivity contribution in [3.8, 4) is 0 Å². The number of halogens is 1. The van der Waals surface area contributed by atoms with Crippen molar-refractivity contribution in [1.82, 2.24) is 4.98 Å². The van der Waals surface area contributed by atoms with Gasteiger partial charge in [0.1, 0.15) is 17.2 Å². The van der Waals surface area contributed by atoms with E-state index in [0.717, 1.165) is 12.3 Å². The first-order chi connectivity index (χ1) is 6.65. The largest absolute Gasteiger partial charge is 0.478 e. The number of carboxylic acids is 1. The highest BCUT2D eigenvalue weighted by atomic mass is 19.1. The van der Waals surface area contributed by atoms with Crippen molar-refractivity contribution in [2.45, 2.75) is 0 Å². The van der Waals surface area contributed by atoms with E-state index in [1.54, 1.807) is 0 Å². The van der Waals surface area contributed by atoms with E-state index in [2.05, 4.69) is 10.3 Å². The molecule has 0 radical (unpaired) electrons. The predicted octanol–water partition coefficient (Wildman–Crippen LogP) is 0.323. The van der Waals surface area contributed by atoms with Gasteiger partial charge in [0, 0.05) is 6.54 Å². The van der Waals surface area contributed by atoms with Gasteiger partial charge in [0.25, 0.3) is 0 Å². The first-order valence-corrected chi connectivity index (χ1v) is 3.88. The van der Waals surface area contributed by atoms with Crippen LogP contribution in [0.3, 0.4) is 0 Å². The third-order valence-corrected chi connectivity index (χ3v) is 1.49. The van der Waals surface area contributed by atoms with Gasteiger partial charge in [0.05, 0.1) is 12.8 Å². The van der Waals surface area contributed by atoms with Crippen LogP contribution in [0.1, 0.15) is 10.4 Å². The lowest BCUT2D eigenvalue weighted by Crippen LogP contribution is -2.12. The van der Waals surface area contributed by atoms with E-state index in [4.69, 9.17) is 10.2 Å². The van der Waals surface area contributed by atoms with Gasteiger partial charge in [-0.05, 0) is 6.07 Å². The van der Waals surface area contributed by atoms with E-state index in [9.17, 15) is 9.18 Å². The van der Waals surface area contributed by atoms with Crippen LogP contribution < -0.4 is 5.32 Å². The van der Waals surface area contributed by atoms with Gasteiger partial charge in [0.15, 0.2) is 0 Å². The summed E-state index contributed by atoms with van der Waals surface area (Å²) in [4.78, 5) is 14.2. The van der Waals surface area contributed by atoms with Crippen LogP contribution in [0.4, 0.5) is 10.2 Å². The maximum atomic E-state index is 12.6. The summed E-state index contributed by atoms with van der Waals surface area (Å²) in [5.74, 6) is -1.93. The number of aromatic carboxylic acids is 1. The summed E-state index contributed by atoms with van der Waals surface area (Å²) in [6.07, 6.45) is 0.909. The summed E-state index contributed by atoms with van der Waals surface area (Å²) < 4.78 is 12.6. The number of carboxylic acid groups (broad SMARTS) is 1. The molecule has 1 aromatic rings. The summed E-state index contributed by atoms with van der Waals surface area (Å²) in [7, 11) is 0. The molecule has 1 heterocycles. The fraction of sp³-hybridized carbons (Fsp3) is 0.250. The Morgan fingerprint density at radius 3 is 2.93 bits per heavy atom. The monoisotopic (exact) mass is 200 g/mol. The number of pyridine rings is 1. The molecule has 1 rings (SSSR count). The van der Waals surface area contributed by atoms with Crippen molar-refractivity contribution < 1.29 is 19.4 Å². The molecule has 76 valence electrons. The van der Waals surface area contributed by atoms with Gasteiger partial charge in [-0.15, -0.1) is 0 Å². The molecule has 5 nitrogen and oxygen atoms in total. The number of rotatable bonds is 4. The molecule has 0 saturated heterocycles. The van der Waals surface area contributed by atoms with Crippen molar-refractivity contribution >= 4 is 11.8 Å². The van der Waals surface area contributed by atoms with E-state index in [1.165, 1.54) is 0 Å². The maximum absolute atomic E-state index is 12.6. The van der Waals surface area contributed by atoms with Gasteiger partial charge in [-0.25, -0.2) is 14.2 Å². The molecule has 0 unspecified atom stereocenters. The summed E-state index contributed by atoms with van der Waals surface area (Å²) in [6.45, 7) is 0.0109. The second kappa shape index (κ2) is 4.52. The lowest BCUT2D eigenvalue weighted by molar-refractivity contribution is 0.0697. The minimum absolute atomic E-state index is 0.0490. The second-order valence-corrected chi connectivity index (χ2v) is 2.51. The highest BCUT2D eigenvalue weighted by molar-refractivity contribution is 5.93. The second-order valence-electron chi connectivity index (χ2n) is 2.51. The average molecular weight is 200 g/mol. The topological polar surface area (TPSA) is 82.5 Å². The summed E-state index contributed by atoms with van der Waals surface area (Å²) in [5, 5.41) is 19.7. The van der Waals surface area contributed by atoms with Crippen molar-refractivity contribution in [1.29, 1.82) is 0 Å². The third kappa shape index (κ3) is 2.40. The maximum Gasteiger partial charge on any atom is 0.339 e. The Balaban J connectivity index is 2.96. The Bertz CT molecular complexity index is 343. The number of nitrogens with zero attached hydrogens (tertiary/aromatic N) is 1. The van der Waals surface area contributed by atoms with E-state index in [1.807, 2.05) is 0 Å². The number of hydrogen-bond acceptors (Lipinski definition) is 4. The lowest BCUT2D eigenvalue weighted by atomic mass is 10.2. The van der Waals surface area contributed by atoms with Crippen LogP contribution >= 0.6 is 0 Å². The molecule has 0 fully saturated rings. The first kappa shape index (κ1) is 10.4. The van der Waals surface area contributed by atoms with Crippen LogP contribution in [0.2, 0.25) is 0 Å².